The van der Waals surface area contributed by atoms with Crippen molar-refractivity contribution < 1.29 is 0 Å². The first-order valence-corrected chi connectivity index (χ1v) is 8.62. The number of nitrogens with zero attached hydrogens (tertiary/aromatic N) is 3. The zero-order valence-corrected chi connectivity index (χ0v) is 12.8. The van der Waals surface area contributed by atoms with E-state index in [1.54, 1.807) is 11.8 Å². The Bertz CT molecular complexity index is 523. The van der Waals surface area contributed by atoms with Crippen molar-refractivity contribution in [2.75, 3.05) is 37.3 Å². The fraction of sp³-hybridized carbons (Fsp3) is 0.562. The molecule has 2 heterocycles. The van der Waals surface area contributed by atoms with Crippen LogP contribution in [-0.2, 0) is 0 Å². The highest BCUT2D eigenvalue weighted by atomic mass is 32.2. The third kappa shape index (κ3) is 2.53. The third-order valence-electron chi connectivity index (χ3n) is 4.48. The van der Waals surface area contributed by atoms with Crippen LogP contribution >= 0.6 is 11.8 Å². The van der Waals surface area contributed by atoms with Gasteiger partial charge in [-0.2, -0.15) is 5.26 Å². The van der Waals surface area contributed by atoms with Crippen LogP contribution in [0, 0.1) is 11.3 Å². The van der Waals surface area contributed by atoms with Gasteiger partial charge in [-0.25, -0.2) is 0 Å². The lowest BCUT2D eigenvalue weighted by Crippen LogP contribution is -2.36. The Morgan fingerprint density at radius 2 is 2.10 bits per heavy atom. The molecule has 3 rings (SSSR count). The molecule has 20 heavy (non-hydrogen) atoms. The van der Waals surface area contributed by atoms with Crippen LogP contribution in [0.2, 0.25) is 0 Å². The van der Waals surface area contributed by atoms with Crippen LogP contribution in [0.25, 0.3) is 0 Å². The van der Waals surface area contributed by atoms with Gasteiger partial charge in [0.05, 0.1) is 11.3 Å². The second-order valence-corrected chi connectivity index (χ2v) is 6.45. The molecule has 1 atom stereocenters. The summed E-state index contributed by atoms with van der Waals surface area (Å²) in [6.07, 6.45) is 5.88. The standard InChI is InChI=1S/C16H21N3S/c1-20-16-7-2-6-15(14(16)11-17)19-10-4-9-18-8-3-5-13(18)12-19/h2,6-7,13H,3-5,8-10,12H2,1H3. The second kappa shape index (κ2) is 6.07. The molecule has 0 N–H and O–H groups in total. The molecule has 1 aromatic rings. The molecule has 0 amide bonds. The average Bonchev–Trinajstić information content (AvgIpc) is 2.83. The smallest absolute Gasteiger partial charge is 0.103 e. The average molecular weight is 287 g/mol. The molecule has 2 saturated heterocycles. The zero-order chi connectivity index (χ0) is 13.9. The molecule has 1 aromatic carbocycles. The van der Waals surface area contributed by atoms with E-state index in [-0.39, 0.29) is 0 Å². The minimum atomic E-state index is 0.682. The summed E-state index contributed by atoms with van der Waals surface area (Å²) in [7, 11) is 0. The van der Waals surface area contributed by atoms with Crippen LogP contribution in [0.1, 0.15) is 24.8 Å². The maximum atomic E-state index is 9.52. The molecule has 2 aliphatic heterocycles. The highest BCUT2D eigenvalue weighted by Crippen LogP contribution is 2.31. The van der Waals surface area contributed by atoms with Gasteiger partial charge in [-0.05, 0) is 44.2 Å². The van der Waals surface area contributed by atoms with Crippen molar-refractivity contribution in [3.8, 4) is 6.07 Å². The molecule has 2 aliphatic rings. The van der Waals surface area contributed by atoms with E-state index in [1.807, 2.05) is 12.3 Å². The van der Waals surface area contributed by atoms with E-state index in [2.05, 4.69) is 28.0 Å². The molecular weight excluding hydrogens is 266 g/mol. The van der Waals surface area contributed by atoms with E-state index in [9.17, 15) is 5.26 Å². The van der Waals surface area contributed by atoms with Gasteiger partial charge in [0, 0.05) is 30.6 Å². The predicted octanol–water partition coefficient (Wildman–Crippen LogP) is 2.95. The van der Waals surface area contributed by atoms with E-state index in [0.29, 0.717) is 6.04 Å². The summed E-state index contributed by atoms with van der Waals surface area (Å²) in [4.78, 5) is 6.16. The van der Waals surface area contributed by atoms with Gasteiger partial charge in [0.25, 0.3) is 0 Å². The Balaban J connectivity index is 1.90. The van der Waals surface area contributed by atoms with E-state index >= 15 is 0 Å². The molecule has 0 saturated carbocycles. The number of rotatable bonds is 2. The molecule has 0 bridgehead atoms. The summed E-state index contributed by atoms with van der Waals surface area (Å²) in [6.45, 7) is 4.62. The van der Waals surface area contributed by atoms with Gasteiger partial charge in [0.1, 0.15) is 6.07 Å². The summed E-state index contributed by atoms with van der Waals surface area (Å²) in [6, 6.07) is 9.34. The highest BCUT2D eigenvalue weighted by molar-refractivity contribution is 7.98. The van der Waals surface area contributed by atoms with Crippen molar-refractivity contribution in [2.24, 2.45) is 0 Å². The molecule has 0 aliphatic carbocycles. The van der Waals surface area contributed by atoms with Gasteiger partial charge in [0.15, 0.2) is 0 Å². The normalized spacial score (nSPS) is 23.2. The van der Waals surface area contributed by atoms with Crippen molar-refractivity contribution in [3.63, 3.8) is 0 Å². The van der Waals surface area contributed by atoms with Crippen molar-refractivity contribution in [1.82, 2.24) is 4.90 Å². The Morgan fingerprint density at radius 3 is 2.90 bits per heavy atom. The van der Waals surface area contributed by atoms with E-state index in [0.717, 1.165) is 29.2 Å². The molecular formula is C16H21N3S. The van der Waals surface area contributed by atoms with Crippen molar-refractivity contribution in [2.45, 2.75) is 30.2 Å². The number of nitriles is 1. The van der Waals surface area contributed by atoms with Crippen LogP contribution < -0.4 is 4.90 Å². The molecule has 0 aromatic heterocycles. The van der Waals surface area contributed by atoms with Gasteiger partial charge in [-0.3, -0.25) is 4.90 Å². The number of hydrogen-bond donors (Lipinski definition) is 0. The monoisotopic (exact) mass is 287 g/mol. The molecule has 0 radical (unpaired) electrons. The fourth-order valence-corrected chi connectivity index (χ4v) is 4.06. The number of anilines is 1. The van der Waals surface area contributed by atoms with Crippen molar-refractivity contribution >= 4 is 17.4 Å². The maximum absolute atomic E-state index is 9.52. The number of thioether (sulfide) groups is 1. The number of fused-ring (bicyclic) bond motifs is 1. The Labute approximate surface area is 125 Å². The largest absolute Gasteiger partial charge is 0.369 e. The lowest BCUT2D eigenvalue weighted by molar-refractivity contribution is 0.273. The third-order valence-corrected chi connectivity index (χ3v) is 5.26. The highest BCUT2D eigenvalue weighted by Gasteiger charge is 2.29. The summed E-state index contributed by atoms with van der Waals surface area (Å²) >= 11 is 1.66. The van der Waals surface area contributed by atoms with Crippen LogP contribution in [0.15, 0.2) is 23.1 Å². The summed E-state index contributed by atoms with van der Waals surface area (Å²) in [5, 5.41) is 9.52. The van der Waals surface area contributed by atoms with Crippen LogP contribution in [0.5, 0.6) is 0 Å². The quantitative estimate of drug-likeness (QED) is 0.782. The SMILES string of the molecule is CSc1cccc(N2CCCN3CCCC3C2)c1C#N. The first kappa shape index (κ1) is 13.8. The van der Waals surface area contributed by atoms with Gasteiger partial charge in [0.2, 0.25) is 0 Å². The first-order chi connectivity index (χ1) is 9.83. The Morgan fingerprint density at radius 1 is 1.25 bits per heavy atom. The lowest BCUT2D eigenvalue weighted by atomic mass is 10.1. The summed E-state index contributed by atoms with van der Waals surface area (Å²) in [5.74, 6) is 0. The minimum absolute atomic E-state index is 0.682. The zero-order valence-electron chi connectivity index (χ0n) is 12.0. The summed E-state index contributed by atoms with van der Waals surface area (Å²) in [5.41, 5.74) is 1.99. The number of hydrogen-bond acceptors (Lipinski definition) is 4. The molecule has 0 spiro atoms. The van der Waals surface area contributed by atoms with Gasteiger partial charge in [-0.15, -0.1) is 11.8 Å². The topological polar surface area (TPSA) is 30.3 Å². The van der Waals surface area contributed by atoms with E-state index in [4.69, 9.17) is 0 Å². The van der Waals surface area contributed by atoms with Crippen LogP contribution in [-0.4, -0.2) is 43.4 Å². The first-order valence-electron chi connectivity index (χ1n) is 7.39. The number of benzene rings is 1. The van der Waals surface area contributed by atoms with Crippen molar-refractivity contribution in [1.29, 1.82) is 5.26 Å². The maximum Gasteiger partial charge on any atom is 0.103 e. The predicted molar refractivity (Wildman–Crippen MR) is 84.4 cm³/mol. The van der Waals surface area contributed by atoms with E-state index < -0.39 is 0 Å². The molecule has 4 heteroatoms. The fourth-order valence-electron chi connectivity index (χ4n) is 3.49. The molecule has 2 fully saturated rings. The van der Waals surface area contributed by atoms with Crippen molar-refractivity contribution in [3.05, 3.63) is 23.8 Å². The van der Waals surface area contributed by atoms with Gasteiger partial charge in [-0.1, -0.05) is 6.07 Å². The van der Waals surface area contributed by atoms with Gasteiger partial charge < -0.3 is 4.90 Å². The Kier molecular flexibility index (Phi) is 4.18. The van der Waals surface area contributed by atoms with E-state index in [1.165, 1.54) is 32.4 Å². The Hall–Kier alpha value is -1.18. The molecule has 3 nitrogen and oxygen atoms in total. The van der Waals surface area contributed by atoms with Gasteiger partial charge >= 0.3 is 0 Å². The van der Waals surface area contributed by atoms with Crippen LogP contribution in [0.4, 0.5) is 5.69 Å². The summed E-state index contributed by atoms with van der Waals surface area (Å²) < 4.78 is 0. The minimum Gasteiger partial charge on any atom is -0.369 e. The molecule has 106 valence electrons. The van der Waals surface area contributed by atoms with Crippen LogP contribution in [0.3, 0.4) is 0 Å². The lowest BCUT2D eigenvalue weighted by Gasteiger charge is -2.28. The second-order valence-electron chi connectivity index (χ2n) is 5.60. The molecule has 1 unspecified atom stereocenters.